The number of benzene rings is 1. The number of nitrogens with two attached hydrogens (primary N) is 1. The van der Waals surface area contributed by atoms with E-state index in [9.17, 15) is 18.3 Å². The fraction of sp³-hybridized carbons (Fsp3) is 0.444. The lowest BCUT2D eigenvalue weighted by Gasteiger charge is -2.46. The molecule has 0 spiro atoms. The molecule has 0 bridgehead atoms. The maximum atomic E-state index is 14.4. The third kappa shape index (κ3) is 3.92. The minimum Gasteiger partial charge on any atom is -0.341 e. The van der Waals surface area contributed by atoms with Crippen LogP contribution in [0.25, 0.3) is 10.8 Å². The van der Waals surface area contributed by atoms with Gasteiger partial charge in [-0.25, -0.2) is 4.39 Å². The molecule has 4 N–H and O–H groups in total. The van der Waals surface area contributed by atoms with Gasteiger partial charge in [-0.15, -0.1) is 10.8 Å². The number of rotatable bonds is 4. The van der Waals surface area contributed by atoms with Crippen LogP contribution < -0.4 is 5.73 Å². The zero-order chi connectivity index (χ0) is 19.6. The minimum absolute atomic E-state index is 0.0371. The van der Waals surface area contributed by atoms with E-state index in [0.29, 0.717) is 31.4 Å². The smallest absolute Gasteiger partial charge is 0.223 e. The first-order valence-corrected chi connectivity index (χ1v) is 10.4. The first-order chi connectivity index (χ1) is 12.9. The molecule has 1 aliphatic rings. The van der Waals surface area contributed by atoms with Crippen LogP contribution in [0.2, 0.25) is 0 Å². The summed E-state index contributed by atoms with van der Waals surface area (Å²) in [7, 11) is -3.44. The zero-order valence-corrected chi connectivity index (χ0v) is 16.0. The molecule has 7 nitrogen and oxygen atoms in total. The predicted octanol–water partition coefficient (Wildman–Crippen LogP) is 2.67. The SMILES string of the molecule is C[C@H]1CN(C(=O)CCN)CCCN1S(O)(O)c1cccc2cncc(F)c12. The second-order valence-electron chi connectivity index (χ2n) is 6.72. The Morgan fingerprint density at radius 2 is 2.15 bits per heavy atom. The van der Waals surface area contributed by atoms with Gasteiger partial charge < -0.3 is 10.6 Å². The Kier molecular flexibility index (Phi) is 5.97. The molecular weight excluding hydrogens is 371 g/mol. The van der Waals surface area contributed by atoms with Crippen molar-refractivity contribution in [2.75, 3.05) is 26.2 Å². The fourth-order valence-corrected chi connectivity index (χ4v) is 5.49. The number of carbonyl (C=O) groups is 1. The van der Waals surface area contributed by atoms with Crippen molar-refractivity contribution in [2.24, 2.45) is 5.73 Å². The Hall–Kier alpha value is -1.78. The molecule has 2 heterocycles. The Morgan fingerprint density at radius 1 is 1.37 bits per heavy atom. The lowest BCUT2D eigenvalue weighted by molar-refractivity contribution is -0.131. The lowest BCUT2D eigenvalue weighted by Crippen LogP contribution is -2.42. The van der Waals surface area contributed by atoms with Crippen molar-refractivity contribution in [2.45, 2.75) is 30.7 Å². The molecule has 2 aromatic rings. The largest absolute Gasteiger partial charge is 0.341 e. The van der Waals surface area contributed by atoms with E-state index in [-0.39, 0.29) is 35.2 Å². The van der Waals surface area contributed by atoms with Gasteiger partial charge in [0, 0.05) is 55.6 Å². The predicted molar refractivity (Wildman–Crippen MR) is 104 cm³/mol. The van der Waals surface area contributed by atoms with Crippen LogP contribution in [0.3, 0.4) is 0 Å². The van der Waals surface area contributed by atoms with Gasteiger partial charge in [-0.1, -0.05) is 12.1 Å². The van der Waals surface area contributed by atoms with E-state index in [1.807, 2.05) is 6.92 Å². The highest BCUT2D eigenvalue weighted by atomic mass is 32.3. The highest BCUT2D eigenvalue weighted by Gasteiger charge is 2.34. The first kappa shape index (κ1) is 20.0. The van der Waals surface area contributed by atoms with Crippen molar-refractivity contribution in [1.29, 1.82) is 0 Å². The van der Waals surface area contributed by atoms with Gasteiger partial charge in [-0.2, -0.15) is 4.31 Å². The van der Waals surface area contributed by atoms with E-state index in [0.717, 1.165) is 6.20 Å². The second kappa shape index (κ2) is 8.07. The van der Waals surface area contributed by atoms with Crippen LogP contribution in [-0.4, -0.2) is 61.4 Å². The number of aromatic nitrogens is 1. The van der Waals surface area contributed by atoms with E-state index >= 15 is 0 Å². The number of hydrogen-bond acceptors (Lipinski definition) is 6. The normalized spacial score (nSPS) is 19.9. The molecule has 0 unspecified atom stereocenters. The van der Waals surface area contributed by atoms with E-state index < -0.39 is 16.6 Å². The molecule has 148 valence electrons. The Morgan fingerprint density at radius 3 is 2.89 bits per heavy atom. The van der Waals surface area contributed by atoms with Gasteiger partial charge in [0.25, 0.3) is 0 Å². The summed E-state index contributed by atoms with van der Waals surface area (Å²) < 4.78 is 38.2. The van der Waals surface area contributed by atoms with Gasteiger partial charge in [0.1, 0.15) is 0 Å². The molecule has 1 atom stereocenters. The maximum absolute atomic E-state index is 14.4. The van der Waals surface area contributed by atoms with Gasteiger partial charge in [0.15, 0.2) is 5.82 Å². The highest BCUT2D eigenvalue weighted by Crippen LogP contribution is 2.55. The molecule has 0 saturated carbocycles. The monoisotopic (exact) mass is 396 g/mol. The summed E-state index contributed by atoms with van der Waals surface area (Å²) in [6.07, 6.45) is 3.42. The Balaban J connectivity index is 1.94. The van der Waals surface area contributed by atoms with E-state index in [1.54, 1.807) is 21.3 Å². The third-order valence-corrected chi connectivity index (χ3v) is 6.94. The van der Waals surface area contributed by atoms with E-state index in [2.05, 4.69) is 4.98 Å². The first-order valence-electron chi connectivity index (χ1n) is 8.91. The van der Waals surface area contributed by atoms with Crippen molar-refractivity contribution >= 4 is 27.5 Å². The van der Waals surface area contributed by atoms with E-state index in [4.69, 9.17) is 5.73 Å². The van der Waals surface area contributed by atoms with Crippen LogP contribution in [0.5, 0.6) is 0 Å². The Labute approximate surface area is 159 Å². The molecular formula is C18H25FN4O3S. The quantitative estimate of drug-likeness (QED) is 0.734. The highest BCUT2D eigenvalue weighted by molar-refractivity contribution is 8.22. The van der Waals surface area contributed by atoms with Crippen molar-refractivity contribution in [1.82, 2.24) is 14.2 Å². The van der Waals surface area contributed by atoms with E-state index in [1.165, 1.54) is 12.3 Å². The average molecular weight is 396 g/mol. The molecule has 9 heteroatoms. The van der Waals surface area contributed by atoms with Gasteiger partial charge in [0.2, 0.25) is 5.91 Å². The minimum atomic E-state index is -3.44. The second-order valence-corrected chi connectivity index (χ2v) is 8.66. The van der Waals surface area contributed by atoms with Crippen LogP contribution in [0.1, 0.15) is 19.8 Å². The third-order valence-electron chi connectivity index (χ3n) is 4.81. The van der Waals surface area contributed by atoms with Crippen molar-refractivity contribution < 1.29 is 18.3 Å². The van der Waals surface area contributed by atoms with Gasteiger partial charge >= 0.3 is 0 Å². The zero-order valence-electron chi connectivity index (χ0n) is 15.2. The van der Waals surface area contributed by atoms with Crippen LogP contribution >= 0.6 is 10.8 Å². The number of hydrogen-bond donors (Lipinski definition) is 3. The topological polar surface area (TPSA) is 103 Å². The molecule has 3 rings (SSSR count). The average Bonchev–Trinajstić information content (AvgIpc) is 2.84. The molecule has 1 aliphatic heterocycles. The number of fused-ring (bicyclic) bond motifs is 1. The van der Waals surface area contributed by atoms with Crippen LogP contribution in [0.4, 0.5) is 4.39 Å². The summed E-state index contributed by atoms with van der Waals surface area (Å²) in [5.74, 6) is -0.629. The summed E-state index contributed by atoms with van der Waals surface area (Å²) in [5, 5.41) is 0.676. The molecule has 1 aromatic heterocycles. The standard InChI is InChI=1S/C18H25FN4O3S/c1-13-12-22(17(24)6-7-20)8-3-9-23(13)27(25,26)16-5-2-4-14-10-21-11-15(19)18(14)16/h2,4-5,10-11,13,25-26H,3,6-9,12,20H2,1H3/t13-/m0/s1. The molecule has 0 radical (unpaired) electrons. The molecule has 1 aromatic carbocycles. The molecule has 0 aliphatic carbocycles. The Bertz CT molecular complexity index is 830. The summed E-state index contributed by atoms with van der Waals surface area (Å²) in [6, 6.07) is 4.57. The van der Waals surface area contributed by atoms with Crippen LogP contribution in [-0.2, 0) is 4.79 Å². The van der Waals surface area contributed by atoms with Crippen molar-refractivity contribution in [3.8, 4) is 0 Å². The van der Waals surface area contributed by atoms with Crippen LogP contribution in [0, 0.1) is 5.82 Å². The van der Waals surface area contributed by atoms with Crippen LogP contribution in [0.15, 0.2) is 35.5 Å². The summed E-state index contributed by atoms with van der Waals surface area (Å²) >= 11 is 0. The molecule has 1 saturated heterocycles. The van der Waals surface area contributed by atoms with Crippen molar-refractivity contribution in [3.05, 3.63) is 36.4 Å². The molecule has 1 fully saturated rings. The molecule has 27 heavy (non-hydrogen) atoms. The van der Waals surface area contributed by atoms with Crippen molar-refractivity contribution in [3.63, 3.8) is 0 Å². The lowest BCUT2D eigenvalue weighted by atomic mass is 10.2. The summed E-state index contributed by atoms with van der Waals surface area (Å²) in [4.78, 5) is 17.9. The van der Waals surface area contributed by atoms with Gasteiger partial charge in [0.05, 0.1) is 11.1 Å². The maximum Gasteiger partial charge on any atom is 0.223 e. The number of amides is 1. The summed E-state index contributed by atoms with van der Waals surface area (Å²) in [6.45, 7) is 3.41. The van der Waals surface area contributed by atoms with Gasteiger partial charge in [-0.05, 0) is 19.4 Å². The summed E-state index contributed by atoms with van der Waals surface area (Å²) in [5.41, 5.74) is 5.47. The number of carbonyl (C=O) groups excluding carboxylic acids is 1. The fourth-order valence-electron chi connectivity index (χ4n) is 3.54. The number of pyridine rings is 1. The number of halogens is 1. The number of nitrogens with zero attached hydrogens (tertiary/aromatic N) is 3. The van der Waals surface area contributed by atoms with Gasteiger partial charge in [-0.3, -0.25) is 18.9 Å². The molecule has 1 amide bonds.